The normalized spacial score (nSPS) is 19.7. The van der Waals surface area contributed by atoms with Gasteiger partial charge in [-0.1, -0.05) is 24.3 Å². The molecule has 2 amide bonds. The van der Waals surface area contributed by atoms with Gasteiger partial charge in [0, 0.05) is 56.5 Å². The minimum atomic E-state index is -0.186. The van der Waals surface area contributed by atoms with Gasteiger partial charge in [0.25, 0.3) is 5.91 Å². The molecular weight excluding hydrogens is 418 g/mol. The number of pyridine rings is 1. The molecule has 0 radical (unpaired) electrons. The van der Waals surface area contributed by atoms with Crippen LogP contribution in [0.3, 0.4) is 0 Å². The number of benzene rings is 1. The van der Waals surface area contributed by atoms with Crippen LogP contribution in [0.15, 0.2) is 59.3 Å². The Bertz CT molecular complexity index is 1120. The Kier molecular flexibility index (Phi) is 5.66. The van der Waals surface area contributed by atoms with Crippen molar-refractivity contribution in [3.8, 4) is 0 Å². The van der Waals surface area contributed by atoms with E-state index in [0.717, 1.165) is 18.4 Å². The van der Waals surface area contributed by atoms with Crippen molar-refractivity contribution in [2.45, 2.75) is 32.1 Å². The number of piperidine rings is 1. The summed E-state index contributed by atoms with van der Waals surface area (Å²) in [4.78, 5) is 34.0. The summed E-state index contributed by atoms with van der Waals surface area (Å²) in [5, 5.41) is 8.35. The number of rotatable bonds is 4. The third kappa shape index (κ3) is 4.25. The monoisotopic (exact) mass is 445 g/mol. The van der Waals surface area contributed by atoms with Crippen molar-refractivity contribution >= 4 is 11.8 Å². The van der Waals surface area contributed by atoms with Gasteiger partial charge in [-0.2, -0.15) is 0 Å². The van der Waals surface area contributed by atoms with E-state index in [1.807, 2.05) is 52.3 Å². The molecule has 0 N–H and O–H groups in total. The van der Waals surface area contributed by atoms with E-state index in [9.17, 15) is 9.59 Å². The molecule has 2 aromatic heterocycles. The van der Waals surface area contributed by atoms with Gasteiger partial charge in [-0.3, -0.25) is 14.6 Å². The van der Waals surface area contributed by atoms with Gasteiger partial charge >= 0.3 is 0 Å². The molecule has 8 nitrogen and oxygen atoms in total. The van der Waals surface area contributed by atoms with Gasteiger partial charge < -0.3 is 14.2 Å². The predicted octanol–water partition coefficient (Wildman–Crippen LogP) is 2.86. The second-order valence-electron chi connectivity index (χ2n) is 9.04. The topological polar surface area (TPSA) is 92.4 Å². The highest BCUT2D eigenvalue weighted by Crippen LogP contribution is 2.49. The van der Waals surface area contributed by atoms with Crippen LogP contribution in [0, 0.1) is 12.3 Å². The fourth-order valence-corrected chi connectivity index (χ4v) is 5.18. The first-order valence-electron chi connectivity index (χ1n) is 11.4. The van der Waals surface area contributed by atoms with Crippen molar-refractivity contribution in [1.82, 2.24) is 25.0 Å². The standard InChI is InChI=1S/C25H27N5O3/c1-18-27-28-23(33-18)21-16-30(24(32)20-7-3-2-4-8-20)17-25(21)9-12-29(13-10-25)22(31)14-19-6-5-11-26-15-19/h2-8,11,15,21H,9-10,12-14,16-17H2,1H3. The van der Waals surface area contributed by atoms with Crippen LogP contribution in [0.5, 0.6) is 0 Å². The number of aromatic nitrogens is 3. The number of carbonyl (C=O) groups is 2. The molecule has 3 aromatic rings. The summed E-state index contributed by atoms with van der Waals surface area (Å²) in [6.45, 7) is 4.24. The van der Waals surface area contributed by atoms with E-state index in [2.05, 4.69) is 15.2 Å². The Balaban J connectivity index is 1.33. The van der Waals surface area contributed by atoms with Crippen LogP contribution < -0.4 is 0 Å². The summed E-state index contributed by atoms with van der Waals surface area (Å²) in [5.74, 6) is 1.20. The number of hydrogen-bond acceptors (Lipinski definition) is 6. The Morgan fingerprint density at radius 1 is 1.06 bits per heavy atom. The van der Waals surface area contributed by atoms with E-state index in [1.54, 1.807) is 19.3 Å². The molecule has 5 rings (SSSR count). The minimum absolute atomic E-state index is 0.0174. The van der Waals surface area contributed by atoms with Gasteiger partial charge in [0.1, 0.15) is 0 Å². The second-order valence-corrected chi connectivity index (χ2v) is 9.04. The van der Waals surface area contributed by atoms with Gasteiger partial charge in [0.2, 0.25) is 17.7 Å². The average molecular weight is 446 g/mol. The van der Waals surface area contributed by atoms with Crippen LogP contribution in [0.25, 0.3) is 0 Å². The molecule has 2 aliphatic rings. The maximum Gasteiger partial charge on any atom is 0.253 e. The van der Waals surface area contributed by atoms with Gasteiger partial charge in [-0.05, 0) is 36.6 Å². The number of likely N-dealkylation sites (tertiary alicyclic amines) is 2. The highest BCUT2D eigenvalue weighted by Gasteiger charge is 2.52. The molecule has 2 saturated heterocycles. The zero-order valence-corrected chi connectivity index (χ0v) is 18.7. The van der Waals surface area contributed by atoms with Crippen LogP contribution in [0.4, 0.5) is 0 Å². The quantitative estimate of drug-likeness (QED) is 0.613. The summed E-state index contributed by atoms with van der Waals surface area (Å²) in [5.41, 5.74) is 1.41. The molecular formula is C25H27N5O3. The number of nitrogens with zero attached hydrogens (tertiary/aromatic N) is 5. The Hall–Kier alpha value is -3.55. The predicted molar refractivity (Wildman–Crippen MR) is 120 cm³/mol. The summed E-state index contributed by atoms with van der Waals surface area (Å²) < 4.78 is 5.83. The van der Waals surface area contributed by atoms with Crippen molar-refractivity contribution < 1.29 is 14.0 Å². The number of carbonyl (C=O) groups excluding carboxylic acids is 2. The SMILES string of the molecule is Cc1nnc(C2CN(C(=O)c3ccccc3)CC23CCN(C(=O)Cc2cccnc2)CC3)o1. The van der Waals surface area contributed by atoms with Crippen LogP contribution in [0.2, 0.25) is 0 Å². The van der Waals surface area contributed by atoms with Gasteiger partial charge in [0.05, 0.1) is 12.3 Å². The summed E-state index contributed by atoms with van der Waals surface area (Å²) >= 11 is 0. The molecule has 1 atom stereocenters. The molecule has 4 heterocycles. The third-order valence-electron chi connectivity index (χ3n) is 6.99. The molecule has 2 fully saturated rings. The molecule has 0 bridgehead atoms. The lowest BCUT2D eigenvalue weighted by Gasteiger charge is -2.41. The second kappa shape index (κ2) is 8.77. The zero-order valence-electron chi connectivity index (χ0n) is 18.7. The Morgan fingerprint density at radius 3 is 2.52 bits per heavy atom. The van der Waals surface area contributed by atoms with E-state index in [-0.39, 0.29) is 23.1 Å². The van der Waals surface area contributed by atoms with Crippen LogP contribution in [-0.2, 0) is 11.2 Å². The number of amides is 2. The molecule has 2 aliphatic heterocycles. The lowest BCUT2D eigenvalue weighted by Crippen LogP contribution is -2.46. The summed E-state index contributed by atoms with van der Waals surface area (Å²) in [6, 6.07) is 13.1. The zero-order chi connectivity index (χ0) is 22.8. The van der Waals surface area contributed by atoms with E-state index >= 15 is 0 Å². The van der Waals surface area contributed by atoms with E-state index < -0.39 is 0 Å². The van der Waals surface area contributed by atoms with E-state index in [0.29, 0.717) is 49.9 Å². The largest absolute Gasteiger partial charge is 0.425 e. The van der Waals surface area contributed by atoms with Gasteiger partial charge in [-0.25, -0.2) is 0 Å². The maximum absolute atomic E-state index is 13.2. The average Bonchev–Trinajstić information content (AvgIpc) is 3.44. The Morgan fingerprint density at radius 2 is 1.85 bits per heavy atom. The molecule has 8 heteroatoms. The molecule has 33 heavy (non-hydrogen) atoms. The fourth-order valence-electron chi connectivity index (χ4n) is 5.18. The van der Waals surface area contributed by atoms with Crippen molar-refractivity contribution in [2.24, 2.45) is 5.41 Å². The Labute approximate surface area is 192 Å². The molecule has 170 valence electrons. The highest BCUT2D eigenvalue weighted by atomic mass is 16.4. The van der Waals surface area contributed by atoms with Crippen molar-refractivity contribution in [3.63, 3.8) is 0 Å². The van der Waals surface area contributed by atoms with Crippen LogP contribution >= 0.6 is 0 Å². The van der Waals surface area contributed by atoms with Crippen LogP contribution in [-0.4, -0.2) is 63.0 Å². The van der Waals surface area contributed by atoms with Gasteiger partial charge in [-0.15, -0.1) is 10.2 Å². The third-order valence-corrected chi connectivity index (χ3v) is 6.99. The van der Waals surface area contributed by atoms with E-state index in [1.165, 1.54) is 0 Å². The lowest BCUT2D eigenvalue weighted by atomic mass is 9.70. The number of aryl methyl sites for hydroxylation is 1. The molecule has 0 saturated carbocycles. The first-order valence-corrected chi connectivity index (χ1v) is 11.4. The van der Waals surface area contributed by atoms with Gasteiger partial charge in [0.15, 0.2) is 0 Å². The highest BCUT2D eigenvalue weighted by molar-refractivity contribution is 5.94. The lowest BCUT2D eigenvalue weighted by molar-refractivity contribution is -0.132. The smallest absolute Gasteiger partial charge is 0.253 e. The summed E-state index contributed by atoms with van der Waals surface area (Å²) in [6.07, 6.45) is 5.38. The minimum Gasteiger partial charge on any atom is -0.425 e. The maximum atomic E-state index is 13.2. The number of hydrogen-bond donors (Lipinski definition) is 0. The van der Waals surface area contributed by atoms with Crippen molar-refractivity contribution in [3.05, 3.63) is 77.8 Å². The van der Waals surface area contributed by atoms with Crippen LogP contribution in [0.1, 0.15) is 46.5 Å². The fraction of sp³-hybridized carbons (Fsp3) is 0.400. The summed E-state index contributed by atoms with van der Waals surface area (Å²) in [7, 11) is 0. The first kappa shape index (κ1) is 21.3. The molecule has 1 aromatic carbocycles. The first-order chi connectivity index (χ1) is 16.0. The molecule has 0 aliphatic carbocycles. The molecule has 1 unspecified atom stereocenters. The van der Waals surface area contributed by atoms with Crippen molar-refractivity contribution in [2.75, 3.05) is 26.2 Å². The van der Waals surface area contributed by atoms with E-state index in [4.69, 9.17) is 4.42 Å². The molecule has 1 spiro atoms. The van der Waals surface area contributed by atoms with Crippen molar-refractivity contribution in [1.29, 1.82) is 0 Å².